The van der Waals surface area contributed by atoms with Crippen molar-refractivity contribution in [2.45, 2.75) is 51.4 Å². The Bertz CT molecular complexity index is 658. The number of amides is 1. The van der Waals surface area contributed by atoms with Crippen LogP contribution in [0, 0.1) is 17.8 Å². The summed E-state index contributed by atoms with van der Waals surface area (Å²) >= 11 is 0. The Morgan fingerprint density at radius 3 is 2.71 bits per heavy atom. The average Bonchev–Trinajstić information content (AvgIpc) is 3.21. The van der Waals surface area contributed by atoms with Crippen LogP contribution in [-0.4, -0.2) is 42.6 Å². The smallest absolute Gasteiger partial charge is 0.225 e. The molecule has 5 atom stereocenters. The van der Waals surface area contributed by atoms with Crippen LogP contribution in [0.2, 0.25) is 0 Å². The van der Waals surface area contributed by atoms with Crippen LogP contribution in [-0.2, 0) is 22.6 Å². The van der Waals surface area contributed by atoms with Crippen molar-refractivity contribution >= 4 is 30.7 Å². The lowest BCUT2D eigenvalue weighted by molar-refractivity contribution is -0.127. The maximum Gasteiger partial charge on any atom is 0.225 e. The minimum absolute atomic E-state index is 0. The first-order chi connectivity index (χ1) is 12.6. The molecule has 0 spiro atoms. The van der Waals surface area contributed by atoms with Crippen LogP contribution in [0.3, 0.4) is 0 Å². The van der Waals surface area contributed by atoms with Crippen molar-refractivity contribution in [1.29, 1.82) is 0 Å². The van der Waals surface area contributed by atoms with Crippen molar-refractivity contribution in [2.75, 3.05) is 19.7 Å². The van der Waals surface area contributed by atoms with Crippen molar-refractivity contribution in [1.82, 2.24) is 10.2 Å². The van der Waals surface area contributed by atoms with Crippen LogP contribution in [0.4, 0.5) is 0 Å². The van der Waals surface area contributed by atoms with Crippen molar-refractivity contribution in [3.63, 3.8) is 0 Å². The largest absolute Gasteiger partial charge is 0.376 e. The minimum Gasteiger partial charge on any atom is -0.376 e. The molecular weight excluding hydrogens is 397 g/mol. The highest BCUT2D eigenvalue weighted by molar-refractivity contribution is 5.85. The van der Waals surface area contributed by atoms with Crippen LogP contribution >= 0.6 is 24.8 Å². The SMILES string of the molecule is CC1CN(Cc2cccc(CNC(=O)C3C4CCC(C4)C3N)c2)CCO1.Cl.Cl. The van der Waals surface area contributed by atoms with Crippen LogP contribution < -0.4 is 11.1 Å². The predicted molar refractivity (Wildman–Crippen MR) is 116 cm³/mol. The fraction of sp³-hybridized carbons (Fsp3) is 0.667. The maximum absolute atomic E-state index is 12.6. The molecule has 1 aliphatic heterocycles. The molecule has 5 unspecified atom stereocenters. The van der Waals surface area contributed by atoms with E-state index in [9.17, 15) is 4.79 Å². The number of hydrogen-bond acceptors (Lipinski definition) is 4. The Labute approximate surface area is 180 Å². The summed E-state index contributed by atoms with van der Waals surface area (Å²) in [7, 11) is 0. The van der Waals surface area contributed by atoms with E-state index in [1.54, 1.807) is 0 Å². The fourth-order valence-corrected chi connectivity index (χ4v) is 5.16. The molecule has 1 heterocycles. The summed E-state index contributed by atoms with van der Waals surface area (Å²) < 4.78 is 5.61. The summed E-state index contributed by atoms with van der Waals surface area (Å²) in [5.74, 6) is 1.24. The Morgan fingerprint density at radius 2 is 2.00 bits per heavy atom. The minimum atomic E-state index is 0. The van der Waals surface area contributed by atoms with Crippen LogP contribution in [0.25, 0.3) is 0 Å². The van der Waals surface area contributed by atoms with Gasteiger partial charge in [0.15, 0.2) is 0 Å². The van der Waals surface area contributed by atoms with Gasteiger partial charge in [0.2, 0.25) is 5.91 Å². The van der Waals surface area contributed by atoms with E-state index in [0.29, 0.717) is 24.5 Å². The molecule has 5 nitrogen and oxygen atoms in total. The van der Waals surface area contributed by atoms with E-state index in [0.717, 1.165) is 38.2 Å². The number of ether oxygens (including phenoxy) is 1. The molecule has 3 aliphatic rings. The summed E-state index contributed by atoms with van der Waals surface area (Å²) in [4.78, 5) is 15.1. The molecule has 0 aromatic heterocycles. The normalized spacial score (nSPS) is 31.7. The van der Waals surface area contributed by atoms with Gasteiger partial charge in [-0.1, -0.05) is 24.3 Å². The van der Waals surface area contributed by atoms with Gasteiger partial charge >= 0.3 is 0 Å². The van der Waals surface area contributed by atoms with Gasteiger partial charge in [-0.05, 0) is 49.1 Å². The summed E-state index contributed by atoms with van der Waals surface area (Å²) in [6.07, 6.45) is 3.83. The number of nitrogens with one attached hydrogen (secondary N) is 1. The molecule has 3 N–H and O–H groups in total. The number of hydrogen-bond donors (Lipinski definition) is 2. The van der Waals surface area contributed by atoms with Crippen LogP contribution in [0.1, 0.15) is 37.3 Å². The predicted octanol–water partition coefficient (Wildman–Crippen LogP) is 2.74. The van der Waals surface area contributed by atoms with E-state index in [4.69, 9.17) is 10.5 Å². The quantitative estimate of drug-likeness (QED) is 0.754. The number of rotatable bonds is 5. The van der Waals surface area contributed by atoms with Crippen molar-refractivity contribution in [2.24, 2.45) is 23.5 Å². The molecule has 1 amide bonds. The zero-order valence-corrected chi connectivity index (χ0v) is 18.1. The van der Waals surface area contributed by atoms with Gasteiger partial charge in [0, 0.05) is 32.2 Å². The molecule has 0 radical (unpaired) electrons. The highest BCUT2D eigenvalue weighted by atomic mass is 35.5. The highest BCUT2D eigenvalue weighted by Gasteiger charge is 2.48. The molecule has 158 valence electrons. The Hall–Kier alpha value is -0.850. The summed E-state index contributed by atoms with van der Waals surface area (Å²) in [6, 6.07) is 8.61. The molecule has 2 saturated carbocycles. The van der Waals surface area contributed by atoms with Gasteiger partial charge < -0.3 is 15.8 Å². The fourth-order valence-electron chi connectivity index (χ4n) is 5.16. The number of carbonyl (C=O) groups excluding carboxylic acids is 1. The summed E-state index contributed by atoms with van der Waals surface area (Å²) in [6.45, 7) is 6.41. The molecule has 28 heavy (non-hydrogen) atoms. The van der Waals surface area contributed by atoms with E-state index < -0.39 is 0 Å². The van der Waals surface area contributed by atoms with E-state index in [1.165, 1.54) is 18.4 Å². The van der Waals surface area contributed by atoms with Gasteiger partial charge in [-0.25, -0.2) is 0 Å². The molecule has 2 aliphatic carbocycles. The zero-order valence-electron chi connectivity index (χ0n) is 16.5. The first-order valence-electron chi connectivity index (χ1n) is 10.0. The number of halogens is 2. The average molecular weight is 430 g/mol. The second kappa shape index (κ2) is 10.3. The molecule has 1 aromatic carbocycles. The Kier molecular flexibility index (Phi) is 8.59. The van der Waals surface area contributed by atoms with E-state index in [2.05, 4.69) is 41.4 Å². The monoisotopic (exact) mass is 429 g/mol. The Balaban J connectivity index is 0.00000140. The third kappa shape index (κ3) is 5.19. The third-order valence-electron chi connectivity index (χ3n) is 6.47. The van der Waals surface area contributed by atoms with Gasteiger partial charge in [-0.3, -0.25) is 9.69 Å². The van der Waals surface area contributed by atoms with Crippen LogP contribution in [0.5, 0.6) is 0 Å². The molecular formula is C21H33Cl2N3O2. The topological polar surface area (TPSA) is 67.6 Å². The van der Waals surface area contributed by atoms with E-state index >= 15 is 0 Å². The lowest BCUT2D eigenvalue weighted by atomic mass is 9.84. The number of nitrogens with two attached hydrogens (primary N) is 1. The third-order valence-corrected chi connectivity index (χ3v) is 6.47. The molecule has 7 heteroatoms. The number of nitrogens with zero attached hydrogens (tertiary/aromatic N) is 1. The highest BCUT2D eigenvalue weighted by Crippen LogP contribution is 2.47. The summed E-state index contributed by atoms with van der Waals surface area (Å²) in [5, 5.41) is 3.14. The lowest BCUT2D eigenvalue weighted by Gasteiger charge is -2.31. The molecule has 2 bridgehead atoms. The molecule has 4 rings (SSSR count). The standard InChI is InChI=1S/C21H31N3O2.2ClH/c1-14-12-24(7-8-26-14)13-16-4-2-3-15(9-16)11-23-21(25)19-17-5-6-18(10-17)20(19)22;;/h2-4,9,14,17-20H,5-8,10-13,22H2,1H3,(H,23,25);2*1H. The maximum atomic E-state index is 12.6. The van der Waals surface area contributed by atoms with E-state index in [-0.39, 0.29) is 42.7 Å². The number of morpholine rings is 1. The number of carbonyl (C=O) groups is 1. The Morgan fingerprint density at radius 1 is 1.25 bits per heavy atom. The number of fused-ring (bicyclic) bond motifs is 2. The van der Waals surface area contributed by atoms with Gasteiger partial charge in [0.25, 0.3) is 0 Å². The van der Waals surface area contributed by atoms with Gasteiger partial charge in [0.05, 0.1) is 18.6 Å². The molecule has 3 fully saturated rings. The molecule has 1 aromatic rings. The van der Waals surface area contributed by atoms with E-state index in [1.807, 2.05) is 0 Å². The number of benzene rings is 1. The van der Waals surface area contributed by atoms with Gasteiger partial charge in [-0.15, -0.1) is 24.8 Å². The second-order valence-electron chi connectivity index (χ2n) is 8.39. The van der Waals surface area contributed by atoms with Crippen molar-refractivity contribution in [3.8, 4) is 0 Å². The second-order valence-corrected chi connectivity index (χ2v) is 8.39. The first-order valence-corrected chi connectivity index (χ1v) is 10.0. The zero-order chi connectivity index (χ0) is 18.1. The van der Waals surface area contributed by atoms with Crippen molar-refractivity contribution in [3.05, 3.63) is 35.4 Å². The molecule has 1 saturated heterocycles. The summed E-state index contributed by atoms with van der Waals surface area (Å²) in [5.41, 5.74) is 8.75. The van der Waals surface area contributed by atoms with Crippen LogP contribution in [0.15, 0.2) is 24.3 Å². The van der Waals surface area contributed by atoms with Crippen molar-refractivity contribution < 1.29 is 9.53 Å². The van der Waals surface area contributed by atoms with Gasteiger partial charge in [0.1, 0.15) is 0 Å². The lowest BCUT2D eigenvalue weighted by Crippen LogP contribution is -2.45. The van der Waals surface area contributed by atoms with Gasteiger partial charge in [-0.2, -0.15) is 0 Å². The first kappa shape index (κ1) is 23.4.